The molecule has 0 atom stereocenters. The first-order valence-electron chi connectivity index (χ1n) is 10.1. The van der Waals surface area contributed by atoms with Gasteiger partial charge in [-0.15, -0.1) is 12.4 Å². The molecule has 1 heterocycles. The fourth-order valence-electron chi connectivity index (χ4n) is 3.27. The van der Waals surface area contributed by atoms with Crippen LogP contribution in [0.4, 0.5) is 5.13 Å². The van der Waals surface area contributed by atoms with Gasteiger partial charge in [-0.1, -0.05) is 25.2 Å². The molecule has 0 saturated heterocycles. The van der Waals surface area contributed by atoms with Gasteiger partial charge in [0.15, 0.2) is 16.6 Å². The van der Waals surface area contributed by atoms with Gasteiger partial charge in [0, 0.05) is 30.8 Å². The van der Waals surface area contributed by atoms with E-state index in [1.165, 1.54) is 11.3 Å². The number of rotatable bonds is 9. The summed E-state index contributed by atoms with van der Waals surface area (Å²) in [6.07, 6.45) is 0. The van der Waals surface area contributed by atoms with Crippen LogP contribution in [0.25, 0.3) is 10.2 Å². The van der Waals surface area contributed by atoms with E-state index >= 15 is 0 Å². The van der Waals surface area contributed by atoms with Crippen LogP contribution in [-0.2, 0) is 0 Å². The normalized spacial score (nSPS) is 10.5. The predicted molar refractivity (Wildman–Crippen MR) is 131 cm³/mol. The van der Waals surface area contributed by atoms with Crippen LogP contribution in [-0.4, -0.2) is 56.2 Å². The van der Waals surface area contributed by atoms with Crippen LogP contribution in [0.15, 0.2) is 36.4 Å². The number of ether oxygens (including phenoxy) is 2. The van der Waals surface area contributed by atoms with Crippen molar-refractivity contribution in [2.75, 3.05) is 45.3 Å². The van der Waals surface area contributed by atoms with Crippen molar-refractivity contribution in [1.82, 2.24) is 9.88 Å². The van der Waals surface area contributed by atoms with Crippen LogP contribution < -0.4 is 14.4 Å². The number of halogens is 1. The summed E-state index contributed by atoms with van der Waals surface area (Å²) in [5.41, 5.74) is 1.79. The number of fused-ring (bicyclic) bond motifs is 1. The van der Waals surface area contributed by atoms with Gasteiger partial charge in [-0.05, 0) is 37.4 Å². The van der Waals surface area contributed by atoms with Crippen molar-refractivity contribution in [2.45, 2.75) is 13.8 Å². The Morgan fingerprint density at radius 1 is 1.06 bits per heavy atom. The number of aromatic nitrogens is 1. The van der Waals surface area contributed by atoms with Crippen LogP contribution in [0.3, 0.4) is 0 Å². The first-order valence-corrected chi connectivity index (χ1v) is 10.9. The molecule has 7 nitrogen and oxygen atoms in total. The Balaban J connectivity index is 0.00000363. The zero-order chi connectivity index (χ0) is 22.4. The number of likely N-dealkylation sites (N-methyl/N-ethyl adjacent to an activating group) is 1. The monoisotopic (exact) mass is 474 g/mol. The lowest BCUT2D eigenvalue weighted by Crippen LogP contribution is -2.38. The number of hydrogen-bond donors (Lipinski definition) is 0. The number of nitriles is 1. The number of carbonyl (C=O) groups excluding carboxylic acids is 1. The first kappa shape index (κ1) is 25.4. The van der Waals surface area contributed by atoms with Gasteiger partial charge in [0.25, 0.3) is 5.91 Å². The zero-order valence-corrected chi connectivity index (χ0v) is 20.3. The minimum Gasteiger partial charge on any atom is -0.493 e. The van der Waals surface area contributed by atoms with Crippen molar-refractivity contribution in [2.24, 2.45) is 0 Å². The zero-order valence-electron chi connectivity index (χ0n) is 18.6. The molecule has 0 bridgehead atoms. The number of carbonyl (C=O) groups is 1. The molecule has 2 aromatic carbocycles. The molecule has 1 aromatic heterocycles. The lowest BCUT2D eigenvalue weighted by molar-refractivity contribution is 0.0984. The van der Waals surface area contributed by atoms with Crippen molar-refractivity contribution in [3.8, 4) is 17.6 Å². The average Bonchev–Trinajstić information content (AvgIpc) is 3.23. The molecule has 0 radical (unpaired) electrons. The van der Waals surface area contributed by atoms with Crippen molar-refractivity contribution in [1.29, 1.82) is 5.26 Å². The maximum atomic E-state index is 13.4. The van der Waals surface area contributed by atoms with Gasteiger partial charge in [0.2, 0.25) is 0 Å². The maximum absolute atomic E-state index is 13.4. The SMILES string of the molecule is CCN(CC)CCN(C(=O)c1ccc(C#N)cc1)c1nc2cc(OC)c(OC)cc2s1.Cl. The summed E-state index contributed by atoms with van der Waals surface area (Å²) in [6, 6.07) is 12.5. The van der Waals surface area contributed by atoms with Crippen LogP contribution in [0, 0.1) is 11.3 Å². The molecule has 0 N–H and O–H groups in total. The van der Waals surface area contributed by atoms with E-state index in [0.29, 0.717) is 34.3 Å². The van der Waals surface area contributed by atoms with Gasteiger partial charge in [-0.2, -0.15) is 5.26 Å². The number of hydrogen-bond acceptors (Lipinski definition) is 7. The van der Waals surface area contributed by atoms with Crippen LogP contribution >= 0.6 is 23.7 Å². The van der Waals surface area contributed by atoms with E-state index in [9.17, 15) is 4.79 Å². The third-order valence-corrected chi connectivity index (χ3v) is 6.19. The van der Waals surface area contributed by atoms with Crippen LogP contribution in [0.1, 0.15) is 29.8 Å². The number of amides is 1. The number of anilines is 1. The summed E-state index contributed by atoms with van der Waals surface area (Å²) in [5.74, 6) is 1.08. The molecular formula is C23H27ClN4O3S. The Morgan fingerprint density at radius 2 is 1.69 bits per heavy atom. The molecule has 1 amide bonds. The van der Waals surface area contributed by atoms with E-state index in [-0.39, 0.29) is 18.3 Å². The number of methoxy groups -OCH3 is 2. The fourth-order valence-corrected chi connectivity index (χ4v) is 4.27. The van der Waals surface area contributed by atoms with Gasteiger partial charge < -0.3 is 14.4 Å². The smallest absolute Gasteiger partial charge is 0.260 e. The summed E-state index contributed by atoms with van der Waals surface area (Å²) in [4.78, 5) is 22.1. The second-order valence-corrected chi connectivity index (χ2v) is 7.85. The molecule has 3 aromatic rings. The Morgan fingerprint density at radius 3 is 2.25 bits per heavy atom. The Hall–Kier alpha value is -2.86. The number of benzene rings is 2. The molecular weight excluding hydrogens is 448 g/mol. The minimum atomic E-state index is -0.144. The lowest BCUT2D eigenvalue weighted by Gasteiger charge is -2.24. The third-order valence-electron chi connectivity index (χ3n) is 5.15. The topological polar surface area (TPSA) is 78.7 Å². The lowest BCUT2D eigenvalue weighted by atomic mass is 10.1. The molecule has 0 unspecified atom stereocenters. The highest BCUT2D eigenvalue weighted by molar-refractivity contribution is 7.22. The highest BCUT2D eigenvalue weighted by Crippen LogP contribution is 2.37. The molecule has 32 heavy (non-hydrogen) atoms. The summed E-state index contributed by atoms with van der Waals surface area (Å²) in [5, 5.41) is 9.66. The van der Waals surface area contributed by atoms with E-state index in [2.05, 4.69) is 24.8 Å². The molecule has 3 rings (SSSR count). The molecule has 0 aliphatic rings. The van der Waals surface area contributed by atoms with E-state index in [1.807, 2.05) is 12.1 Å². The van der Waals surface area contributed by atoms with E-state index in [4.69, 9.17) is 19.7 Å². The molecule has 9 heteroatoms. The van der Waals surface area contributed by atoms with Gasteiger partial charge >= 0.3 is 0 Å². The second kappa shape index (κ2) is 11.7. The van der Waals surface area contributed by atoms with Gasteiger partial charge in [0.1, 0.15) is 0 Å². The van der Waals surface area contributed by atoms with E-state index < -0.39 is 0 Å². The number of nitrogens with zero attached hydrogens (tertiary/aromatic N) is 4. The van der Waals surface area contributed by atoms with Crippen molar-refractivity contribution in [3.05, 3.63) is 47.5 Å². The number of thiazole rings is 1. The summed E-state index contributed by atoms with van der Waals surface area (Å²) >= 11 is 1.44. The van der Waals surface area contributed by atoms with E-state index in [1.54, 1.807) is 43.4 Å². The average molecular weight is 475 g/mol. The third kappa shape index (κ3) is 5.49. The van der Waals surface area contributed by atoms with E-state index in [0.717, 1.165) is 29.9 Å². The fraction of sp³-hybridized carbons (Fsp3) is 0.348. The van der Waals surface area contributed by atoms with Crippen LogP contribution in [0.5, 0.6) is 11.5 Å². The molecule has 0 spiro atoms. The first-order chi connectivity index (χ1) is 15.0. The second-order valence-electron chi connectivity index (χ2n) is 6.84. The largest absolute Gasteiger partial charge is 0.493 e. The molecule has 170 valence electrons. The minimum absolute atomic E-state index is 0. The predicted octanol–water partition coefficient (Wildman–Crippen LogP) is 4.60. The van der Waals surface area contributed by atoms with Crippen molar-refractivity contribution in [3.63, 3.8) is 0 Å². The Labute approximate surface area is 198 Å². The van der Waals surface area contributed by atoms with Gasteiger partial charge in [-0.3, -0.25) is 9.69 Å². The summed E-state index contributed by atoms with van der Waals surface area (Å²) < 4.78 is 11.7. The molecule has 0 fully saturated rings. The standard InChI is InChI=1S/C23H26N4O3S.ClH/c1-5-26(6-2)11-12-27(22(28)17-9-7-16(15-24)8-10-17)23-25-18-13-19(29-3)20(30-4)14-21(18)31-23;/h7-10,13-14H,5-6,11-12H2,1-4H3;1H. The maximum Gasteiger partial charge on any atom is 0.260 e. The quantitative estimate of drug-likeness (QED) is 0.451. The molecule has 0 aliphatic heterocycles. The van der Waals surface area contributed by atoms with Crippen LogP contribution in [0.2, 0.25) is 0 Å². The molecule has 0 saturated carbocycles. The molecule has 0 aliphatic carbocycles. The van der Waals surface area contributed by atoms with Gasteiger partial charge in [-0.25, -0.2) is 4.98 Å². The van der Waals surface area contributed by atoms with Crippen molar-refractivity contribution < 1.29 is 14.3 Å². The highest BCUT2D eigenvalue weighted by atomic mass is 35.5. The van der Waals surface area contributed by atoms with Gasteiger partial charge in [0.05, 0.1) is 36.1 Å². The highest BCUT2D eigenvalue weighted by Gasteiger charge is 2.23. The Bertz CT molecular complexity index is 1050. The van der Waals surface area contributed by atoms with Crippen molar-refractivity contribution >= 4 is 45.0 Å². The Kier molecular flexibility index (Phi) is 9.27. The summed E-state index contributed by atoms with van der Waals surface area (Å²) in [6.45, 7) is 7.26. The summed E-state index contributed by atoms with van der Waals surface area (Å²) in [7, 11) is 3.18.